The van der Waals surface area contributed by atoms with Crippen molar-refractivity contribution >= 4 is 0 Å². The Morgan fingerprint density at radius 2 is 1.68 bits per heavy atom. The van der Waals surface area contributed by atoms with Gasteiger partial charge in [0.1, 0.15) is 11.5 Å². The van der Waals surface area contributed by atoms with Crippen molar-refractivity contribution in [3.8, 4) is 11.5 Å². The van der Waals surface area contributed by atoms with Crippen LogP contribution in [0.15, 0.2) is 54.6 Å². The summed E-state index contributed by atoms with van der Waals surface area (Å²) in [4.78, 5) is 0. The van der Waals surface area contributed by atoms with Crippen molar-refractivity contribution in [2.45, 2.75) is 26.7 Å². The highest BCUT2D eigenvalue weighted by Crippen LogP contribution is 2.53. The zero-order valence-electron chi connectivity index (χ0n) is 11.6. The summed E-state index contributed by atoms with van der Waals surface area (Å²) in [5.41, 5.74) is 1.92. The summed E-state index contributed by atoms with van der Waals surface area (Å²) in [6.07, 6.45) is 2.51. The number of rotatable bonds is 4. The van der Waals surface area contributed by atoms with Crippen molar-refractivity contribution < 1.29 is 4.74 Å². The van der Waals surface area contributed by atoms with E-state index in [9.17, 15) is 0 Å². The average molecular weight is 252 g/mol. The molecule has 0 amide bonds. The summed E-state index contributed by atoms with van der Waals surface area (Å²) in [5.74, 6) is 2.66. The molecule has 1 heteroatoms. The fourth-order valence-electron chi connectivity index (χ4n) is 2.57. The maximum Gasteiger partial charge on any atom is 0.127 e. The Morgan fingerprint density at radius 1 is 1.00 bits per heavy atom. The third-order valence-corrected chi connectivity index (χ3v) is 4.08. The largest absolute Gasteiger partial charge is 0.457 e. The average Bonchev–Trinajstić information content (AvgIpc) is 2.98. The molecule has 1 fully saturated rings. The van der Waals surface area contributed by atoms with Gasteiger partial charge in [-0.2, -0.15) is 0 Å². The van der Waals surface area contributed by atoms with Crippen molar-refractivity contribution in [3.63, 3.8) is 0 Å². The highest BCUT2D eigenvalue weighted by molar-refractivity contribution is 5.34. The van der Waals surface area contributed by atoms with E-state index in [1.165, 1.54) is 18.4 Å². The first-order valence-electron chi connectivity index (χ1n) is 6.95. The minimum Gasteiger partial charge on any atom is -0.457 e. The topological polar surface area (TPSA) is 9.23 Å². The summed E-state index contributed by atoms with van der Waals surface area (Å²) in [6, 6.07) is 18.4. The van der Waals surface area contributed by atoms with Crippen molar-refractivity contribution in [2.24, 2.45) is 11.3 Å². The van der Waals surface area contributed by atoms with Crippen molar-refractivity contribution in [1.82, 2.24) is 0 Å². The molecule has 98 valence electrons. The number of hydrogen-bond donors (Lipinski definition) is 0. The maximum atomic E-state index is 5.87. The first-order valence-corrected chi connectivity index (χ1v) is 6.95. The van der Waals surface area contributed by atoms with E-state index < -0.39 is 0 Å². The predicted molar refractivity (Wildman–Crippen MR) is 78.6 cm³/mol. The van der Waals surface area contributed by atoms with E-state index in [1.54, 1.807) is 0 Å². The summed E-state index contributed by atoms with van der Waals surface area (Å²) < 4.78 is 5.87. The quantitative estimate of drug-likeness (QED) is 0.738. The Hall–Kier alpha value is -1.76. The Kier molecular flexibility index (Phi) is 3.06. The van der Waals surface area contributed by atoms with Gasteiger partial charge in [-0.05, 0) is 54.0 Å². The van der Waals surface area contributed by atoms with Gasteiger partial charge in [0.2, 0.25) is 0 Å². The smallest absolute Gasteiger partial charge is 0.127 e. The van der Waals surface area contributed by atoms with E-state index >= 15 is 0 Å². The lowest BCUT2D eigenvalue weighted by atomic mass is 10.0. The van der Waals surface area contributed by atoms with Gasteiger partial charge in [-0.1, -0.05) is 44.2 Å². The molecular weight excluding hydrogens is 232 g/mol. The number of ether oxygens (including phenoxy) is 1. The van der Waals surface area contributed by atoms with Crippen LogP contribution in [0.3, 0.4) is 0 Å². The van der Waals surface area contributed by atoms with Gasteiger partial charge in [-0.15, -0.1) is 0 Å². The molecular formula is C18H20O. The molecule has 1 unspecified atom stereocenters. The summed E-state index contributed by atoms with van der Waals surface area (Å²) in [6.45, 7) is 4.70. The van der Waals surface area contributed by atoms with E-state index in [4.69, 9.17) is 4.74 Å². The van der Waals surface area contributed by atoms with Crippen LogP contribution in [-0.2, 0) is 6.42 Å². The van der Waals surface area contributed by atoms with Gasteiger partial charge in [0.25, 0.3) is 0 Å². The standard InChI is InChI=1S/C18H20O/c1-18(2)13-15(18)11-14-7-6-10-17(12-14)19-16-8-4-3-5-9-16/h3-10,12,15H,11,13H2,1-2H3. The molecule has 1 aliphatic carbocycles. The van der Waals surface area contributed by atoms with E-state index in [2.05, 4.69) is 32.0 Å². The fraction of sp³-hybridized carbons (Fsp3) is 0.333. The molecule has 1 nitrogen and oxygen atoms in total. The summed E-state index contributed by atoms with van der Waals surface area (Å²) in [7, 11) is 0. The fourth-order valence-corrected chi connectivity index (χ4v) is 2.57. The van der Waals surface area contributed by atoms with Gasteiger partial charge in [0.05, 0.1) is 0 Å². The SMILES string of the molecule is CC1(C)CC1Cc1cccc(Oc2ccccc2)c1. The van der Waals surface area contributed by atoms with Gasteiger partial charge in [-0.25, -0.2) is 0 Å². The molecule has 0 bridgehead atoms. The molecule has 19 heavy (non-hydrogen) atoms. The number of hydrogen-bond acceptors (Lipinski definition) is 1. The van der Waals surface area contributed by atoms with Crippen LogP contribution >= 0.6 is 0 Å². The normalized spacial score (nSPS) is 20.0. The monoisotopic (exact) mass is 252 g/mol. The van der Waals surface area contributed by atoms with Crippen LogP contribution in [0.4, 0.5) is 0 Å². The molecule has 1 atom stereocenters. The van der Waals surface area contributed by atoms with Crippen LogP contribution in [-0.4, -0.2) is 0 Å². The lowest BCUT2D eigenvalue weighted by Crippen LogP contribution is -1.95. The summed E-state index contributed by atoms with van der Waals surface area (Å²) >= 11 is 0. The molecule has 0 spiro atoms. The first kappa shape index (κ1) is 12.3. The third-order valence-electron chi connectivity index (χ3n) is 4.08. The van der Waals surface area contributed by atoms with Gasteiger partial charge >= 0.3 is 0 Å². The van der Waals surface area contributed by atoms with E-state index in [1.807, 2.05) is 36.4 Å². The van der Waals surface area contributed by atoms with Gasteiger partial charge in [0, 0.05) is 0 Å². The van der Waals surface area contributed by atoms with Crippen molar-refractivity contribution in [3.05, 3.63) is 60.2 Å². The van der Waals surface area contributed by atoms with E-state index in [-0.39, 0.29) is 0 Å². The second-order valence-corrected chi connectivity index (χ2v) is 6.16. The molecule has 0 aromatic heterocycles. The van der Waals surface area contributed by atoms with Crippen LogP contribution in [0.2, 0.25) is 0 Å². The maximum absolute atomic E-state index is 5.87. The minimum absolute atomic E-state index is 0.538. The molecule has 3 rings (SSSR count). The van der Waals surface area contributed by atoms with E-state index in [0.717, 1.165) is 17.4 Å². The molecule has 1 aliphatic rings. The minimum atomic E-state index is 0.538. The second kappa shape index (κ2) is 4.73. The highest BCUT2D eigenvalue weighted by Gasteiger charge is 2.44. The highest BCUT2D eigenvalue weighted by atomic mass is 16.5. The van der Waals surface area contributed by atoms with Crippen LogP contribution < -0.4 is 4.74 Å². The third kappa shape index (κ3) is 2.98. The first-order chi connectivity index (χ1) is 9.13. The zero-order valence-corrected chi connectivity index (χ0v) is 11.6. The Bertz CT molecular complexity index is 557. The van der Waals surface area contributed by atoms with Crippen LogP contribution in [0.5, 0.6) is 11.5 Å². The predicted octanol–water partition coefficient (Wildman–Crippen LogP) is 5.07. The number of para-hydroxylation sites is 1. The Morgan fingerprint density at radius 3 is 2.37 bits per heavy atom. The van der Waals surface area contributed by atoms with Crippen LogP contribution in [0.25, 0.3) is 0 Å². The Balaban J connectivity index is 1.70. The zero-order chi connectivity index (χ0) is 13.3. The van der Waals surface area contributed by atoms with Gasteiger partial charge in [0.15, 0.2) is 0 Å². The lowest BCUT2D eigenvalue weighted by molar-refractivity contribution is 0.481. The van der Waals surface area contributed by atoms with Crippen molar-refractivity contribution in [2.75, 3.05) is 0 Å². The molecule has 2 aromatic carbocycles. The van der Waals surface area contributed by atoms with E-state index in [0.29, 0.717) is 5.41 Å². The molecule has 0 aliphatic heterocycles. The number of benzene rings is 2. The molecule has 0 radical (unpaired) electrons. The molecule has 0 heterocycles. The second-order valence-electron chi connectivity index (χ2n) is 6.16. The van der Waals surface area contributed by atoms with Gasteiger partial charge < -0.3 is 4.74 Å². The Labute approximate surface area is 115 Å². The van der Waals surface area contributed by atoms with Crippen LogP contribution in [0.1, 0.15) is 25.8 Å². The summed E-state index contributed by atoms with van der Waals surface area (Å²) in [5, 5.41) is 0. The lowest BCUT2D eigenvalue weighted by Gasteiger charge is -2.08. The van der Waals surface area contributed by atoms with Gasteiger partial charge in [-0.3, -0.25) is 0 Å². The molecule has 0 saturated heterocycles. The molecule has 2 aromatic rings. The molecule has 0 N–H and O–H groups in total. The molecule has 1 saturated carbocycles. The van der Waals surface area contributed by atoms with Crippen molar-refractivity contribution in [1.29, 1.82) is 0 Å². The van der Waals surface area contributed by atoms with Crippen LogP contribution in [0, 0.1) is 11.3 Å².